The van der Waals surface area contributed by atoms with E-state index >= 15 is 0 Å². The molecule has 2 heterocycles. The SMILES string of the molecule is CN1CCN(c2ncccc2CNC(=O)C(N)Cc2ccccc2)CC1.Cl.Cl.Cl. The zero-order valence-electron chi connectivity index (χ0n) is 16.5. The fraction of sp³-hybridized carbons (Fsp3) is 0.400. The van der Waals surface area contributed by atoms with Gasteiger partial charge in [-0.15, -0.1) is 37.2 Å². The second kappa shape index (κ2) is 13.6. The number of carbonyl (C=O) groups excluding carboxylic acids is 1. The van der Waals surface area contributed by atoms with Crippen molar-refractivity contribution in [3.63, 3.8) is 0 Å². The summed E-state index contributed by atoms with van der Waals surface area (Å²) in [6.07, 6.45) is 2.34. The van der Waals surface area contributed by atoms with Crippen LogP contribution in [0.1, 0.15) is 11.1 Å². The highest BCUT2D eigenvalue weighted by atomic mass is 35.5. The van der Waals surface area contributed by atoms with Crippen molar-refractivity contribution in [2.24, 2.45) is 5.73 Å². The van der Waals surface area contributed by atoms with E-state index in [1.165, 1.54) is 0 Å². The molecule has 2 aromatic rings. The highest BCUT2D eigenvalue weighted by molar-refractivity contribution is 5.86. The van der Waals surface area contributed by atoms with Gasteiger partial charge in [-0.2, -0.15) is 0 Å². The molecule has 1 fully saturated rings. The number of hydrogen-bond donors (Lipinski definition) is 2. The fourth-order valence-electron chi connectivity index (χ4n) is 3.15. The quantitative estimate of drug-likeness (QED) is 0.689. The minimum atomic E-state index is -0.554. The van der Waals surface area contributed by atoms with Gasteiger partial charge < -0.3 is 20.9 Å². The summed E-state index contributed by atoms with van der Waals surface area (Å²) in [5.41, 5.74) is 8.16. The lowest BCUT2D eigenvalue weighted by molar-refractivity contribution is -0.122. The number of nitrogens with one attached hydrogen (secondary N) is 1. The number of halogens is 3. The first-order valence-corrected chi connectivity index (χ1v) is 9.08. The molecular formula is C20H30Cl3N5O. The third-order valence-corrected chi connectivity index (χ3v) is 4.76. The lowest BCUT2D eigenvalue weighted by atomic mass is 10.1. The molecule has 1 atom stereocenters. The third-order valence-electron chi connectivity index (χ3n) is 4.76. The van der Waals surface area contributed by atoms with Gasteiger partial charge >= 0.3 is 0 Å². The molecule has 6 nitrogen and oxygen atoms in total. The minimum absolute atomic E-state index is 0. The molecule has 0 aliphatic carbocycles. The van der Waals surface area contributed by atoms with Crippen molar-refractivity contribution in [2.75, 3.05) is 38.1 Å². The Hall–Kier alpha value is -1.57. The van der Waals surface area contributed by atoms with Crippen LogP contribution < -0.4 is 16.0 Å². The van der Waals surface area contributed by atoms with E-state index in [4.69, 9.17) is 5.73 Å². The van der Waals surface area contributed by atoms with E-state index in [0.717, 1.165) is 43.1 Å². The van der Waals surface area contributed by atoms with E-state index in [0.29, 0.717) is 13.0 Å². The number of nitrogens with two attached hydrogens (primary N) is 1. The molecule has 0 radical (unpaired) electrons. The van der Waals surface area contributed by atoms with Crippen molar-refractivity contribution in [3.05, 3.63) is 59.8 Å². The van der Waals surface area contributed by atoms with Gasteiger partial charge in [-0.05, 0) is 25.1 Å². The monoisotopic (exact) mass is 461 g/mol. The van der Waals surface area contributed by atoms with Gasteiger partial charge in [0.25, 0.3) is 0 Å². The summed E-state index contributed by atoms with van der Waals surface area (Å²) < 4.78 is 0. The van der Waals surface area contributed by atoms with E-state index < -0.39 is 6.04 Å². The maximum atomic E-state index is 12.4. The number of rotatable bonds is 6. The molecular weight excluding hydrogens is 433 g/mol. The number of anilines is 1. The van der Waals surface area contributed by atoms with Gasteiger partial charge in [-0.25, -0.2) is 4.98 Å². The molecule has 1 aliphatic heterocycles. The van der Waals surface area contributed by atoms with Crippen LogP contribution in [0, 0.1) is 0 Å². The summed E-state index contributed by atoms with van der Waals surface area (Å²) in [5.74, 6) is 0.819. The Morgan fingerprint density at radius 2 is 1.72 bits per heavy atom. The number of likely N-dealkylation sites (N-methyl/N-ethyl adjacent to an activating group) is 1. The number of nitrogens with zero attached hydrogens (tertiary/aromatic N) is 3. The summed E-state index contributed by atoms with van der Waals surface area (Å²) in [6, 6.07) is 13.2. The highest BCUT2D eigenvalue weighted by Crippen LogP contribution is 2.18. The van der Waals surface area contributed by atoms with E-state index in [1.54, 1.807) is 6.20 Å². The largest absolute Gasteiger partial charge is 0.354 e. The second-order valence-electron chi connectivity index (χ2n) is 6.79. The van der Waals surface area contributed by atoms with E-state index in [-0.39, 0.29) is 43.1 Å². The number of piperazine rings is 1. The Labute approximate surface area is 191 Å². The summed E-state index contributed by atoms with van der Waals surface area (Å²) in [7, 11) is 2.13. The minimum Gasteiger partial charge on any atom is -0.354 e. The summed E-state index contributed by atoms with van der Waals surface area (Å²) in [5, 5.41) is 2.97. The van der Waals surface area contributed by atoms with Crippen molar-refractivity contribution in [1.82, 2.24) is 15.2 Å². The first-order chi connectivity index (χ1) is 12.6. The van der Waals surface area contributed by atoms with Crippen LogP contribution in [0.5, 0.6) is 0 Å². The number of pyridine rings is 1. The van der Waals surface area contributed by atoms with Gasteiger partial charge in [0, 0.05) is 44.5 Å². The maximum Gasteiger partial charge on any atom is 0.237 e. The summed E-state index contributed by atoms with van der Waals surface area (Å²) >= 11 is 0. The zero-order chi connectivity index (χ0) is 18.4. The molecule has 3 rings (SSSR count). The molecule has 0 saturated carbocycles. The van der Waals surface area contributed by atoms with Crippen LogP contribution >= 0.6 is 37.2 Å². The van der Waals surface area contributed by atoms with Crippen LogP contribution in [-0.4, -0.2) is 55.1 Å². The second-order valence-corrected chi connectivity index (χ2v) is 6.79. The van der Waals surface area contributed by atoms with Crippen LogP contribution in [0.2, 0.25) is 0 Å². The Morgan fingerprint density at radius 1 is 1.07 bits per heavy atom. The van der Waals surface area contributed by atoms with Gasteiger partial charge in [0.1, 0.15) is 5.82 Å². The van der Waals surface area contributed by atoms with Gasteiger partial charge in [-0.1, -0.05) is 36.4 Å². The van der Waals surface area contributed by atoms with Crippen molar-refractivity contribution in [1.29, 1.82) is 0 Å². The Morgan fingerprint density at radius 3 is 2.38 bits per heavy atom. The average molecular weight is 463 g/mol. The smallest absolute Gasteiger partial charge is 0.237 e. The lowest BCUT2D eigenvalue weighted by Gasteiger charge is -2.34. The standard InChI is InChI=1S/C20H27N5O.3ClH/c1-24-10-12-25(13-11-24)19-17(8-5-9-22-19)15-23-20(26)18(21)14-16-6-3-2-4-7-16;;;/h2-9,18H,10-15,21H2,1H3,(H,23,26);3*1H. The van der Waals surface area contributed by atoms with Crippen LogP contribution in [0.25, 0.3) is 0 Å². The highest BCUT2D eigenvalue weighted by Gasteiger charge is 2.19. The zero-order valence-corrected chi connectivity index (χ0v) is 18.9. The molecule has 0 bridgehead atoms. The number of hydrogen-bond acceptors (Lipinski definition) is 5. The van der Waals surface area contributed by atoms with Gasteiger partial charge in [0.2, 0.25) is 5.91 Å². The first kappa shape index (κ1) is 27.4. The van der Waals surface area contributed by atoms with E-state index in [2.05, 4.69) is 27.1 Å². The lowest BCUT2D eigenvalue weighted by Crippen LogP contribution is -2.45. The molecule has 1 aromatic heterocycles. The molecule has 1 aliphatic rings. The van der Waals surface area contributed by atoms with E-state index in [1.807, 2.05) is 42.5 Å². The molecule has 1 saturated heterocycles. The first-order valence-electron chi connectivity index (χ1n) is 9.08. The van der Waals surface area contributed by atoms with Crippen molar-refractivity contribution in [3.8, 4) is 0 Å². The molecule has 162 valence electrons. The fourth-order valence-corrected chi connectivity index (χ4v) is 3.15. The van der Waals surface area contributed by atoms with Crippen molar-refractivity contribution < 1.29 is 4.79 Å². The van der Waals surface area contributed by atoms with Crippen LogP contribution in [0.15, 0.2) is 48.7 Å². The van der Waals surface area contributed by atoms with Crippen LogP contribution in [0.3, 0.4) is 0 Å². The molecule has 1 amide bonds. The predicted molar refractivity (Wildman–Crippen MR) is 126 cm³/mol. The van der Waals surface area contributed by atoms with Crippen LogP contribution in [0.4, 0.5) is 5.82 Å². The average Bonchev–Trinajstić information content (AvgIpc) is 2.68. The van der Waals surface area contributed by atoms with Crippen molar-refractivity contribution >= 4 is 48.9 Å². The van der Waals surface area contributed by atoms with Crippen molar-refractivity contribution in [2.45, 2.75) is 19.0 Å². The molecule has 1 aromatic carbocycles. The topological polar surface area (TPSA) is 74.5 Å². The Balaban J connectivity index is 0.00000261. The maximum absolute atomic E-state index is 12.4. The number of benzene rings is 1. The normalized spacial score (nSPS) is 14.6. The number of amides is 1. The molecule has 0 spiro atoms. The molecule has 9 heteroatoms. The summed E-state index contributed by atoms with van der Waals surface area (Å²) in [4.78, 5) is 21.5. The predicted octanol–water partition coefficient (Wildman–Crippen LogP) is 2.29. The Bertz CT molecular complexity index is 727. The van der Waals surface area contributed by atoms with Gasteiger partial charge in [-0.3, -0.25) is 4.79 Å². The summed E-state index contributed by atoms with van der Waals surface area (Å²) in [6.45, 7) is 4.37. The molecule has 3 N–H and O–H groups in total. The molecule has 29 heavy (non-hydrogen) atoms. The number of aromatic nitrogens is 1. The number of carbonyl (C=O) groups is 1. The third kappa shape index (κ3) is 7.99. The van der Waals surface area contributed by atoms with Crippen LogP contribution in [-0.2, 0) is 17.8 Å². The van der Waals surface area contributed by atoms with E-state index in [9.17, 15) is 4.79 Å². The van der Waals surface area contributed by atoms with Gasteiger partial charge in [0.05, 0.1) is 6.04 Å². The van der Waals surface area contributed by atoms with Gasteiger partial charge in [0.15, 0.2) is 0 Å². The molecule has 1 unspecified atom stereocenters. The Kier molecular flexibility index (Phi) is 12.9.